The molecular weight excluding hydrogens is 342 g/mol. The number of hydrogen-bond donors (Lipinski definition) is 2. The van der Waals surface area contributed by atoms with Crippen LogP contribution in [0.15, 0.2) is 29.1 Å². The molecule has 0 fully saturated rings. The SMILES string of the molecule is CCCN(CC(=O)O)C(=O)CCSCc1nc2ccccc2c(=O)[nH]1. The first-order valence-corrected chi connectivity index (χ1v) is 9.22. The van der Waals surface area contributed by atoms with Crippen molar-refractivity contribution in [1.29, 1.82) is 0 Å². The summed E-state index contributed by atoms with van der Waals surface area (Å²) in [6.45, 7) is 2.07. The van der Waals surface area contributed by atoms with Gasteiger partial charge in [-0.05, 0) is 18.6 Å². The summed E-state index contributed by atoms with van der Waals surface area (Å²) in [5, 5.41) is 9.40. The fourth-order valence-electron chi connectivity index (χ4n) is 2.41. The van der Waals surface area contributed by atoms with Crippen molar-refractivity contribution in [1.82, 2.24) is 14.9 Å². The minimum absolute atomic E-state index is 0.170. The van der Waals surface area contributed by atoms with Crippen LogP contribution in [-0.2, 0) is 15.3 Å². The Hall–Kier alpha value is -2.35. The largest absolute Gasteiger partial charge is 0.480 e. The molecule has 1 heterocycles. The second kappa shape index (κ2) is 9.22. The van der Waals surface area contributed by atoms with Gasteiger partial charge in [0, 0.05) is 18.7 Å². The molecule has 134 valence electrons. The van der Waals surface area contributed by atoms with Gasteiger partial charge in [-0.15, -0.1) is 0 Å². The van der Waals surface area contributed by atoms with Crippen molar-refractivity contribution in [2.45, 2.75) is 25.5 Å². The van der Waals surface area contributed by atoms with E-state index in [9.17, 15) is 14.4 Å². The number of aromatic amines is 1. The van der Waals surface area contributed by atoms with E-state index in [0.29, 0.717) is 41.2 Å². The number of aliphatic carboxylic acids is 1. The molecule has 0 aliphatic carbocycles. The molecule has 0 unspecified atom stereocenters. The van der Waals surface area contributed by atoms with Crippen LogP contribution in [0.3, 0.4) is 0 Å². The molecule has 0 saturated heterocycles. The molecule has 0 radical (unpaired) electrons. The molecule has 25 heavy (non-hydrogen) atoms. The maximum Gasteiger partial charge on any atom is 0.323 e. The van der Waals surface area contributed by atoms with Crippen molar-refractivity contribution in [2.75, 3.05) is 18.8 Å². The van der Waals surface area contributed by atoms with Crippen molar-refractivity contribution >= 4 is 34.5 Å². The number of benzene rings is 1. The van der Waals surface area contributed by atoms with Gasteiger partial charge in [0.25, 0.3) is 5.56 Å². The number of carbonyl (C=O) groups is 2. The molecule has 1 aromatic carbocycles. The van der Waals surface area contributed by atoms with Crippen molar-refractivity contribution < 1.29 is 14.7 Å². The number of nitrogens with one attached hydrogen (secondary N) is 1. The molecule has 0 bridgehead atoms. The lowest BCUT2D eigenvalue weighted by Crippen LogP contribution is -2.36. The van der Waals surface area contributed by atoms with Crippen LogP contribution in [0.2, 0.25) is 0 Å². The highest BCUT2D eigenvalue weighted by atomic mass is 32.2. The van der Waals surface area contributed by atoms with E-state index in [-0.39, 0.29) is 24.4 Å². The van der Waals surface area contributed by atoms with Crippen LogP contribution < -0.4 is 5.56 Å². The fourth-order valence-corrected chi connectivity index (χ4v) is 3.21. The van der Waals surface area contributed by atoms with E-state index in [1.54, 1.807) is 18.2 Å². The van der Waals surface area contributed by atoms with E-state index in [2.05, 4.69) is 9.97 Å². The second-order valence-electron chi connectivity index (χ2n) is 5.54. The molecule has 1 aromatic heterocycles. The van der Waals surface area contributed by atoms with Crippen LogP contribution in [0.1, 0.15) is 25.6 Å². The Morgan fingerprint density at radius 1 is 1.32 bits per heavy atom. The Morgan fingerprint density at radius 3 is 2.80 bits per heavy atom. The molecule has 2 N–H and O–H groups in total. The van der Waals surface area contributed by atoms with Gasteiger partial charge in [0.15, 0.2) is 0 Å². The van der Waals surface area contributed by atoms with Crippen molar-refractivity contribution in [3.63, 3.8) is 0 Å². The molecule has 8 heteroatoms. The number of amides is 1. The maximum absolute atomic E-state index is 12.1. The highest BCUT2D eigenvalue weighted by molar-refractivity contribution is 7.98. The van der Waals surface area contributed by atoms with E-state index >= 15 is 0 Å². The molecule has 7 nitrogen and oxygen atoms in total. The number of para-hydroxylation sites is 1. The monoisotopic (exact) mass is 363 g/mol. The summed E-state index contributed by atoms with van der Waals surface area (Å²) in [7, 11) is 0. The molecule has 0 spiro atoms. The lowest BCUT2D eigenvalue weighted by molar-refractivity contribution is -0.144. The van der Waals surface area contributed by atoms with E-state index in [1.807, 2.05) is 13.0 Å². The van der Waals surface area contributed by atoms with Crippen LogP contribution in [0.4, 0.5) is 0 Å². The van der Waals surface area contributed by atoms with E-state index < -0.39 is 5.97 Å². The lowest BCUT2D eigenvalue weighted by atomic mass is 10.2. The number of rotatable bonds is 9. The summed E-state index contributed by atoms with van der Waals surface area (Å²) in [5.41, 5.74) is 0.473. The molecular formula is C17H21N3O4S. The van der Waals surface area contributed by atoms with Crippen molar-refractivity contribution in [2.24, 2.45) is 0 Å². The van der Waals surface area contributed by atoms with Crippen molar-refractivity contribution in [3.05, 3.63) is 40.4 Å². The van der Waals surface area contributed by atoms with Gasteiger partial charge in [-0.1, -0.05) is 19.1 Å². The van der Waals surface area contributed by atoms with Crippen LogP contribution in [0.25, 0.3) is 10.9 Å². The average Bonchev–Trinajstić information content (AvgIpc) is 2.58. The van der Waals surface area contributed by atoms with Crippen LogP contribution in [0.5, 0.6) is 0 Å². The van der Waals surface area contributed by atoms with E-state index in [0.717, 1.165) is 0 Å². The average molecular weight is 363 g/mol. The molecule has 1 amide bonds. The Morgan fingerprint density at radius 2 is 2.08 bits per heavy atom. The first-order chi connectivity index (χ1) is 12.0. The zero-order valence-corrected chi connectivity index (χ0v) is 14.8. The predicted molar refractivity (Wildman–Crippen MR) is 97.6 cm³/mol. The van der Waals surface area contributed by atoms with Gasteiger partial charge in [-0.25, -0.2) is 4.98 Å². The Kier molecular flexibility index (Phi) is 7.00. The molecule has 0 atom stereocenters. The summed E-state index contributed by atoms with van der Waals surface area (Å²) in [6, 6.07) is 7.13. The zero-order chi connectivity index (χ0) is 18.2. The van der Waals surface area contributed by atoms with Gasteiger partial charge in [-0.3, -0.25) is 14.4 Å². The smallest absolute Gasteiger partial charge is 0.323 e. The van der Waals surface area contributed by atoms with Crippen LogP contribution in [-0.4, -0.2) is 50.7 Å². The van der Waals surface area contributed by atoms with Crippen molar-refractivity contribution in [3.8, 4) is 0 Å². The number of carbonyl (C=O) groups excluding carboxylic acids is 1. The van der Waals surface area contributed by atoms with Gasteiger partial charge >= 0.3 is 5.97 Å². The summed E-state index contributed by atoms with van der Waals surface area (Å²) in [4.78, 5) is 43.4. The standard InChI is InChI=1S/C17H21N3O4S/c1-2-8-20(10-16(22)23)15(21)7-9-25-11-14-18-13-6-4-3-5-12(13)17(24)19-14/h3-6H,2,7-11H2,1H3,(H,22,23)(H,18,19,24). The van der Waals surface area contributed by atoms with Gasteiger partial charge in [0.1, 0.15) is 12.4 Å². The van der Waals surface area contributed by atoms with Gasteiger partial charge < -0.3 is 15.0 Å². The quantitative estimate of drug-likeness (QED) is 0.659. The number of hydrogen-bond acceptors (Lipinski definition) is 5. The number of carboxylic acid groups (broad SMARTS) is 1. The summed E-state index contributed by atoms with van der Waals surface area (Å²) in [6.07, 6.45) is 0.976. The molecule has 2 aromatic rings. The topological polar surface area (TPSA) is 103 Å². The summed E-state index contributed by atoms with van der Waals surface area (Å²) < 4.78 is 0. The second-order valence-corrected chi connectivity index (χ2v) is 6.65. The van der Waals surface area contributed by atoms with Crippen LogP contribution in [0, 0.1) is 0 Å². The molecule has 0 aliphatic heterocycles. The van der Waals surface area contributed by atoms with Gasteiger partial charge in [-0.2, -0.15) is 11.8 Å². The fraction of sp³-hybridized carbons (Fsp3) is 0.412. The highest BCUT2D eigenvalue weighted by Crippen LogP contribution is 2.12. The Bertz CT molecular complexity index is 806. The number of fused-ring (bicyclic) bond motifs is 1. The van der Waals surface area contributed by atoms with Crippen LogP contribution >= 0.6 is 11.8 Å². The Balaban J connectivity index is 1.87. The lowest BCUT2D eigenvalue weighted by Gasteiger charge is -2.19. The van der Waals surface area contributed by atoms with Gasteiger partial charge in [0.2, 0.25) is 5.91 Å². The first kappa shape index (κ1) is 19.0. The summed E-state index contributed by atoms with van der Waals surface area (Å²) in [5.74, 6) is 0.413. The third kappa shape index (κ3) is 5.60. The third-order valence-electron chi connectivity index (χ3n) is 3.53. The number of H-pyrrole nitrogens is 1. The number of thioether (sulfide) groups is 1. The van der Waals surface area contributed by atoms with Gasteiger partial charge in [0.05, 0.1) is 16.7 Å². The highest BCUT2D eigenvalue weighted by Gasteiger charge is 2.15. The summed E-state index contributed by atoms with van der Waals surface area (Å²) >= 11 is 1.48. The number of nitrogens with zero attached hydrogens (tertiary/aromatic N) is 2. The zero-order valence-electron chi connectivity index (χ0n) is 14.0. The third-order valence-corrected chi connectivity index (χ3v) is 4.50. The first-order valence-electron chi connectivity index (χ1n) is 8.06. The predicted octanol–water partition coefficient (Wildman–Crippen LogP) is 1.87. The normalized spacial score (nSPS) is 10.8. The van der Waals surface area contributed by atoms with E-state index in [4.69, 9.17) is 5.11 Å². The van der Waals surface area contributed by atoms with E-state index in [1.165, 1.54) is 16.7 Å². The maximum atomic E-state index is 12.1. The Labute approximate surface area is 149 Å². The molecule has 2 rings (SSSR count). The minimum atomic E-state index is -1.01. The minimum Gasteiger partial charge on any atom is -0.480 e. The molecule has 0 aliphatic rings. The molecule has 0 saturated carbocycles. The number of carboxylic acids is 1. The number of aromatic nitrogens is 2.